The molecule has 1 heterocycles. The molecule has 148 valence electrons. The van der Waals surface area contributed by atoms with Gasteiger partial charge in [0.15, 0.2) is 11.5 Å². The van der Waals surface area contributed by atoms with E-state index < -0.39 is 0 Å². The largest absolute Gasteiger partial charge is 0.493 e. The third kappa shape index (κ3) is 4.86. The number of halogens is 1. The van der Waals surface area contributed by atoms with E-state index in [0.29, 0.717) is 29.8 Å². The highest BCUT2D eigenvalue weighted by molar-refractivity contribution is 5.85. The molecule has 1 saturated heterocycles. The van der Waals surface area contributed by atoms with E-state index in [1.165, 1.54) is 5.56 Å². The van der Waals surface area contributed by atoms with Gasteiger partial charge < -0.3 is 19.9 Å². The minimum Gasteiger partial charge on any atom is -0.493 e. The molecule has 0 radical (unpaired) electrons. The SMILES string of the molecule is CCOc1c(OC)cc(CN2C[C@@H](N)[C@H](c3ccccc3)C2)cc1OC.Cl. The third-order valence-corrected chi connectivity index (χ3v) is 4.88. The van der Waals surface area contributed by atoms with Crippen molar-refractivity contribution in [2.75, 3.05) is 33.9 Å². The maximum atomic E-state index is 6.42. The maximum Gasteiger partial charge on any atom is 0.203 e. The second kappa shape index (κ2) is 9.83. The number of nitrogens with zero attached hydrogens (tertiary/aromatic N) is 1. The van der Waals surface area contributed by atoms with E-state index in [2.05, 4.69) is 29.2 Å². The zero-order valence-electron chi connectivity index (χ0n) is 16.2. The zero-order chi connectivity index (χ0) is 18.5. The van der Waals surface area contributed by atoms with Crippen molar-refractivity contribution in [3.8, 4) is 17.2 Å². The van der Waals surface area contributed by atoms with E-state index in [1.54, 1.807) is 14.2 Å². The van der Waals surface area contributed by atoms with Gasteiger partial charge in [0, 0.05) is 31.6 Å². The molecule has 2 atom stereocenters. The molecule has 0 amide bonds. The normalized spacial score (nSPS) is 19.4. The van der Waals surface area contributed by atoms with E-state index in [9.17, 15) is 0 Å². The maximum absolute atomic E-state index is 6.42. The molecule has 0 saturated carbocycles. The molecule has 0 aliphatic carbocycles. The van der Waals surface area contributed by atoms with Gasteiger partial charge in [-0.05, 0) is 30.2 Å². The van der Waals surface area contributed by atoms with Crippen molar-refractivity contribution in [3.63, 3.8) is 0 Å². The average molecular weight is 393 g/mol. The fourth-order valence-electron chi connectivity index (χ4n) is 3.67. The lowest BCUT2D eigenvalue weighted by Crippen LogP contribution is -2.28. The van der Waals surface area contributed by atoms with Crippen LogP contribution in [0.3, 0.4) is 0 Å². The number of hydrogen-bond acceptors (Lipinski definition) is 5. The minimum atomic E-state index is 0. The number of ether oxygens (including phenoxy) is 3. The summed E-state index contributed by atoms with van der Waals surface area (Å²) in [5, 5.41) is 0. The molecule has 5 nitrogen and oxygen atoms in total. The minimum absolute atomic E-state index is 0. The number of likely N-dealkylation sites (tertiary alicyclic amines) is 1. The summed E-state index contributed by atoms with van der Waals surface area (Å²) in [5.74, 6) is 2.41. The Morgan fingerprint density at radius 1 is 1.04 bits per heavy atom. The van der Waals surface area contributed by atoms with Crippen molar-refractivity contribution in [2.45, 2.75) is 25.4 Å². The van der Waals surface area contributed by atoms with Gasteiger partial charge in [0.05, 0.1) is 20.8 Å². The highest BCUT2D eigenvalue weighted by Crippen LogP contribution is 2.39. The molecule has 2 aromatic rings. The number of methoxy groups -OCH3 is 2. The summed E-state index contributed by atoms with van der Waals surface area (Å²) in [6.07, 6.45) is 0. The molecule has 2 N–H and O–H groups in total. The first kappa shape index (κ1) is 21.4. The standard InChI is InChI=1S/C21H28N2O3.ClH/c1-4-26-21-19(24-2)10-15(11-20(21)25-3)12-23-13-17(18(22)14-23)16-8-6-5-7-9-16;/h5-11,17-18H,4,12-14,22H2,1-3H3;1H/t17-,18+;/m0./s1. The van der Waals surface area contributed by atoms with Crippen LogP contribution in [0.2, 0.25) is 0 Å². The van der Waals surface area contributed by atoms with Crippen LogP contribution < -0.4 is 19.9 Å². The smallest absolute Gasteiger partial charge is 0.203 e. The first-order valence-electron chi connectivity index (χ1n) is 9.06. The molecular weight excluding hydrogens is 364 g/mol. The molecular formula is C21H29ClN2O3. The topological polar surface area (TPSA) is 57.0 Å². The van der Waals surface area contributed by atoms with E-state index >= 15 is 0 Å². The molecule has 3 rings (SSSR count). The van der Waals surface area contributed by atoms with E-state index in [1.807, 2.05) is 25.1 Å². The quantitative estimate of drug-likeness (QED) is 0.782. The Labute approximate surface area is 167 Å². The van der Waals surface area contributed by atoms with Crippen molar-refractivity contribution in [1.82, 2.24) is 4.90 Å². The molecule has 6 heteroatoms. The van der Waals surface area contributed by atoms with Gasteiger partial charge in [-0.3, -0.25) is 4.90 Å². The van der Waals surface area contributed by atoms with E-state index in [4.69, 9.17) is 19.9 Å². The van der Waals surface area contributed by atoms with Crippen molar-refractivity contribution < 1.29 is 14.2 Å². The summed E-state index contributed by atoms with van der Waals surface area (Å²) in [4.78, 5) is 2.39. The molecule has 1 aliphatic rings. The predicted molar refractivity (Wildman–Crippen MR) is 110 cm³/mol. The van der Waals surface area contributed by atoms with Gasteiger partial charge in [-0.2, -0.15) is 0 Å². The van der Waals surface area contributed by atoms with Crippen LogP contribution >= 0.6 is 12.4 Å². The third-order valence-electron chi connectivity index (χ3n) is 4.88. The number of hydrogen-bond donors (Lipinski definition) is 1. The van der Waals surface area contributed by atoms with E-state index in [0.717, 1.165) is 25.2 Å². The van der Waals surface area contributed by atoms with Crippen LogP contribution in [0.5, 0.6) is 17.2 Å². The molecule has 2 aromatic carbocycles. The molecule has 0 spiro atoms. The number of rotatable bonds is 7. The fourth-order valence-corrected chi connectivity index (χ4v) is 3.67. The lowest BCUT2D eigenvalue weighted by molar-refractivity contribution is 0.285. The second-order valence-corrected chi connectivity index (χ2v) is 6.64. The summed E-state index contributed by atoms with van der Waals surface area (Å²) >= 11 is 0. The molecule has 0 aromatic heterocycles. The highest BCUT2D eigenvalue weighted by Gasteiger charge is 2.31. The first-order chi connectivity index (χ1) is 12.7. The zero-order valence-corrected chi connectivity index (χ0v) is 17.0. The molecule has 0 unspecified atom stereocenters. The lowest BCUT2D eigenvalue weighted by Gasteiger charge is -2.19. The summed E-state index contributed by atoms with van der Waals surface area (Å²) in [5.41, 5.74) is 8.86. The van der Waals surface area contributed by atoms with Crippen LogP contribution in [0.25, 0.3) is 0 Å². The Balaban J connectivity index is 0.00000261. The lowest BCUT2D eigenvalue weighted by atomic mass is 9.95. The van der Waals surface area contributed by atoms with Gasteiger partial charge in [-0.1, -0.05) is 30.3 Å². The summed E-state index contributed by atoms with van der Waals surface area (Å²) < 4.78 is 16.7. The number of benzene rings is 2. The molecule has 1 aliphatic heterocycles. The summed E-state index contributed by atoms with van der Waals surface area (Å²) in [7, 11) is 3.30. The molecule has 1 fully saturated rings. The molecule has 27 heavy (non-hydrogen) atoms. The summed E-state index contributed by atoms with van der Waals surface area (Å²) in [6, 6.07) is 14.7. The van der Waals surface area contributed by atoms with Crippen molar-refractivity contribution in [2.24, 2.45) is 5.73 Å². The fraction of sp³-hybridized carbons (Fsp3) is 0.429. The van der Waals surface area contributed by atoms with Gasteiger partial charge in [0.1, 0.15) is 0 Å². The Bertz CT molecular complexity index is 702. The van der Waals surface area contributed by atoms with Crippen LogP contribution in [0.1, 0.15) is 24.0 Å². The van der Waals surface area contributed by atoms with Crippen molar-refractivity contribution >= 4 is 12.4 Å². The predicted octanol–water partition coefficient (Wildman–Crippen LogP) is 3.45. The van der Waals surface area contributed by atoms with Gasteiger partial charge in [-0.15, -0.1) is 12.4 Å². The van der Waals surface area contributed by atoms with Crippen molar-refractivity contribution in [1.29, 1.82) is 0 Å². The Morgan fingerprint density at radius 3 is 2.22 bits per heavy atom. The highest BCUT2D eigenvalue weighted by atomic mass is 35.5. The van der Waals surface area contributed by atoms with Gasteiger partial charge >= 0.3 is 0 Å². The Kier molecular flexibility index (Phi) is 7.78. The van der Waals surface area contributed by atoms with Gasteiger partial charge in [-0.25, -0.2) is 0 Å². The van der Waals surface area contributed by atoms with E-state index in [-0.39, 0.29) is 18.4 Å². The van der Waals surface area contributed by atoms with Crippen LogP contribution in [0.15, 0.2) is 42.5 Å². The molecule has 0 bridgehead atoms. The summed E-state index contributed by atoms with van der Waals surface area (Å²) in [6.45, 7) is 5.13. The van der Waals surface area contributed by atoms with Crippen LogP contribution in [-0.4, -0.2) is 44.9 Å². The van der Waals surface area contributed by atoms with Crippen LogP contribution in [0, 0.1) is 0 Å². The van der Waals surface area contributed by atoms with Gasteiger partial charge in [0.2, 0.25) is 5.75 Å². The van der Waals surface area contributed by atoms with Gasteiger partial charge in [0.25, 0.3) is 0 Å². The van der Waals surface area contributed by atoms with Crippen LogP contribution in [-0.2, 0) is 6.54 Å². The van der Waals surface area contributed by atoms with Crippen molar-refractivity contribution in [3.05, 3.63) is 53.6 Å². The second-order valence-electron chi connectivity index (χ2n) is 6.64. The first-order valence-corrected chi connectivity index (χ1v) is 9.06. The van der Waals surface area contributed by atoms with Crippen LogP contribution in [0.4, 0.5) is 0 Å². The monoisotopic (exact) mass is 392 g/mol. The number of nitrogens with two attached hydrogens (primary N) is 1. The Morgan fingerprint density at radius 2 is 1.67 bits per heavy atom. The Hall–Kier alpha value is -1.95. The average Bonchev–Trinajstić information content (AvgIpc) is 3.03.